The molecule has 0 aromatic heterocycles. The molecule has 0 N–H and O–H groups in total. The fourth-order valence-electron chi connectivity index (χ4n) is 0.787. The molecule has 0 bridgehead atoms. The van der Waals surface area contributed by atoms with Gasteiger partial charge in [-0.25, -0.2) is 4.39 Å². The third-order valence-electron chi connectivity index (χ3n) is 1.37. The van der Waals surface area contributed by atoms with Gasteiger partial charge >= 0.3 is 0 Å². The summed E-state index contributed by atoms with van der Waals surface area (Å²) in [5.41, 5.74) is 1.00. The van der Waals surface area contributed by atoms with Gasteiger partial charge in [0, 0.05) is 5.33 Å². The van der Waals surface area contributed by atoms with Crippen LogP contribution in [0.15, 0.2) is 18.2 Å². The summed E-state index contributed by atoms with van der Waals surface area (Å²) in [5.74, 6) is -0.0286. The second kappa shape index (κ2) is 3.72. The Balaban J connectivity index is 3.02. The highest BCUT2D eigenvalue weighted by Gasteiger charge is 2.01. The molecule has 0 radical (unpaired) electrons. The third kappa shape index (κ3) is 1.93. The smallest absolute Gasteiger partial charge is 0.165 e. The van der Waals surface area contributed by atoms with Gasteiger partial charge in [-0.3, -0.25) is 0 Å². The summed E-state index contributed by atoms with van der Waals surface area (Å²) in [5, 5.41) is 0.712. The fraction of sp³-hybridized carbons (Fsp3) is 0.250. The van der Waals surface area contributed by atoms with E-state index < -0.39 is 0 Å². The van der Waals surface area contributed by atoms with Crippen molar-refractivity contribution in [3.63, 3.8) is 0 Å². The number of hydrogen-bond acceptors (Lipinski definition) is 1. The van der Waals surface area contributed by atoms with Crippen LogP contribution in [-0.4, -0.2) is 7.11 Å². The first kappa shape index (κ1) is 8.53. The van der Waals surface area contributed by atoms with Crippen molar-refractivity contribution in [2.45, 2.75) is 5.33 Å². The highest BCUT2D eigenvalue weighted by atomic mass is 79.9. The summed E-state index contributed by atoms with van der Waals surface area (Å²) in [4.78, 5) is 0. The number of benzene rings is 1. The molecule has 0 saturated carbocycles. The van der Waals surface area contributed by atoms with E-state index in [0.29, 0.717) is 11.1 Å². The lowest BCUT2D eigenvalue weighted by Crippen LogP contribution is -1.88. The average Bonchev–Trinajstić information content (AvgIpc) is 2.05. The Morgan fingerprint density at radius 2 is 2.27 bits per heavy atom. The van der Waals surface area contributed by atoms with Crippen molar-refractivity contribution in [3.8, 4) is 5.75 Å². The van der Waals surface area contributed by atoms with Crippen LogP contribution in [0.3, 0.4) is 0 Å². The first-order valence-electron chi connectivity index (χ1n) is 3.16. The molecule has 0 atom stereocenters. The molecule has 1 aromatic rings. The summed E-state index contributed by atoms with van der Waals surface area (Å²) in [6.45, 7) is 0. The van der Waals surface area contributed by atoms with Crippen LogP contribution in [0, 0.1) is 5.82 Å². The van der Waals surface area contributed by atoms with Crippen molar-refractivity contribution in [1.29, 1.82) is 0 Å². The highest BCUT2D eigenvalue weighted by Crippen LogP contribution is 2.19. The molecule has 0 aliphatic rings. The predicted octanol–water partition coefficient (Wildman–Crippen LogP) is 2.73. The van der Waals surface area contributed by atoms with Crippen molar-refractivity contribution >= 4 is 15.9 Å². The second-order valence-electron chi connectivity index (χ2n) is 2.10. The minimum atomic E-state index is -0.322. The van der Waals surface area contributed by atoms with Gasteiger partial charge in [0.1, 0.15) is 0 Å². The Labute approximate surface area is 73.3 Å². The maximum absolute atomic E-state index is 12.8. The van der Waals surface area contributed by atoms with E-state index in [1.54, 1.807) is 12.1 Å². The largest absolute Gasteiger partial charge is 0.494 e. The molecule has 1 aromatic carbocycles. The van der Waals surface area contributed by atoms with E-state index in [1.165, 1.54) is 13.2 Å². The molecule has 11 heavy (non-hydrogen) atoms. The molecule has 60 valence electrons. The van der Waals surface area contributed by atoms with E-state index in [9.17, 15) is 4.39 Å². The minimum absolute atomic E-state index is 0.293. The van der Waals surface area contributed by atoms with E-state index in [-0.39, 0.29) is 5.82 Å². The lowest BCUT2D eigenvalue weighted by molar-refractivity contribution is 0.386. The van der Waals surface area contributed by atoms with E-state index in [0.717, 1.165) is 5.56 Å². The molecule has 0 saturated heterocycles. The molecule has 0 aliphatic carbocycles. The summed E-state index contributed by atoms with van der Waals surface area (Å²) in [6.07, 6.45) is 0. The monoisotopic (exact) mass is 218 g/mol. The summed E-state index contributed by atoms with van der Waals surface area (Å²) < 4.78 is 17.6. The maximum atomic E-state index is 12.8. The fourth-order valence-corrected chi connectivity index (χ4v) is 1.14. The van der Waals surface area contributed by atoms with Crippen LogP contribution < -0.4 is 4.74 Å². The van der Waals surface area contributed by atoms with E-state index in [2.05, 4.69) is 15.9 Å². The van der Waals surface area contributed by atoms with Gasteiger partial charge in [0.05, 0.1) is 7.11 Å². The van der Waals surface area contributed by atoms with Crippen molar-refractivity contribution in [2.75, 3.05) is 7.11 Å². The number of ether oxygens (including phenoxy) is 1. The first-order chi connectivity index (χ1) is 5.27. The van der Waals surface area contributed by atoms with Gasteiger partial charge in [-0.15, -0.1) is 0 Å². The van der Waals surface area contributed by atoms with Crippen LogP contribution >= 0.6 is 15.9 Å². The van der Waals surface area contributed by atoms with Crippen LogP contribution in [-0.2, 0) is 5.33 Å². The molecule has 0 heterocycles. The van der Waals surface area contributed by atoms with E-state index in [4.69, 9.17) is 4.74 Å². The molecule has 3 heteroatoms. The van der Waals surface area contributed by atoms with Gasteiger partial charge in [-0.1, -0.05) is 22.0 Å². The zero-order valence-electron chi connectivity index (χ0n) is 6.10. The van der Waals surface area contributed by atoms with Crippen molar-refractivity contribution in [1.82, 2.24) is 0 Å². The SMILES string of the molecule is COc1cc(CBr)ccc1F. The second-order valence-corrected chi connectivity index (χ2v) is 2.66. The number of methoxy groups -OCH3 is 1. The third-order valence-corrected chi connectivity index (χ3v) is 2.02. The quantitative estimate of drug-likeness (QED) is 0.695. The predicted molar refractivity (Wildman–Crippen MR) is 45.6 cm³/mol. The van der Waals surface area contributed by atoms with E-state index in [1.807, 2.05) is 0 Å². The Morgan fingerprint density at radius 1 is 1.55 bits per heavy atom. The van der Waals surface area contributed by atoms with Gasteiger partial charge in [0.15, 0.2) is 11.6 Å². The lowest BCUT2D eigenvalue weighted by atomic mass is 10.2. The molecule has 0 unspecified atom stereocenters. The van der Waals surface area contributed by atoms with Crippen LogP contribution in [0.5, 0.6) is 5.75 Å². The Bertz CT molecular complexity index is 250. The normalized spacial score (nSPS) is 9.73. The van der Waals surface area contributed by atoms with Gasteiger partial charge < -0.3 is 4.74 Å². The summed E-state index contributed by atoms with van der Waals surface area (Å²) in [7, 11) is 1.45. The molecule has 1 rings (SSSR count). The van der Waals surface area contributed by atoms with Crippen LogP contribution in [0.1, 0.15) is 5.56 Å². The maximum Gasteiger partial charge on any atom is 0.165 e. The lowest BCUT2D eigenvalue weighted by Gasteiger charge is -2.02. The Hall–Kier alpha value is -0.570. The number of halogens is 2. The Morgan fingerprint density at radius 3 is 2.82 bits per heavy atom. The van der Waals surface area contributed by atoms with Gasteiger partial charge in [-0.05, 0) is 17.7 Å². The summed E-state index contributed by atoms with van der Waals surface area (Å²) in [6, 6.07) is 4.78. The first-order valence-corrected chi connectivity index (χ1v) is 4.28. The Kier molecular flexibility index (Phi) is 2.88. The van der Waals surface area contributed by atoms with E-state index >= 15 is 0 Å². The van der Waals surface area contributed by atoms with Crippen LogP contribution in [0.2, 0.25) is 0 Å². The zero-order valence-corrected chi connectivity index (χ0v) is 7.69. The molecule has 1 nitrogen and oxygen atoms in total. The highest BCUT2D eigenvalue weighted by molar-refractivity contribution is 9.08. The van der Waals surface area contributed by atoms with Gasteiger partial charge in [0.2, 0.25) is 0 Å². The molecule has 0 fully saturated rings. The van der Waals surface area contributed by atoms with Crippen molar-refractivity contribution in [3.05, 3.63) is 29.6 Å². The standard InChI is InChI=1S/C8H8BrFO/c1-11-8-4-6(5-9)2-3-7(8)10/h2-4H,5H2,1H3. The van der Waals surface area contributed by atoms with Gasteiger partial charge in [0.25, 0.3) is 0 Å². The molecule has 0 aliphatic heterocycles. The molecular weight excluding hydrogens is 211 g/mol. The average molecular weight is 219 g/mol. The van der Waals surface area contributed by atoms with Crippen LogP contribution in [0.4, 0.5) is 4.39 Å². The van der Waals surface area contributed by atoms with Crippen LogP contribution in [0.25, 0.3) is 0 Å². The zero-order chi connectivity index (χ0) is 8.27. The minimum Gasteiger partial charge on any atom is -0.494 e. The summed E-state index contributed by atoms with van der Waals surface area (Å²) >= 11 is 3.27. The molecule has 0 spiro atoms. The number of hydrogen-bond donors (Lipinski definition) is 0. The van der Waals surface area contributed by atoms with Crippen molar-refractivity contribution in [2.24, 2.45) is 0 Å². The number of alkyl halides is 1. The van der Waals surface area contributed by atoms with Crippen molar-refractivity contribution < 1.29 is 9.13 Å². The molecular formula is C8H8BrFO. The number of rotatable bonds is 2. The topological polar surface area (TPSA) is 9.23 Å². The molecule has 0 amide bonds. The van der Waals surface area contributed by atoms with Gasteiger partial charge in [-0.2, -0.15) is 0 Å².